The van der Waals surface area contributed by atoms with E-state index < -0.39 is 35.0 Å². The Morgan fingerprint density at radius 2 is 1.49 bits per heavy atom. The highest BCUT2D eigenvalue weighted by molar-refractivity contribution is 6.06. The summed E-state index contributed by atoms with van der Waals surface area (Å²) in [6.45, 7) is 12.4. The first-order valence-electron chi connectivity index (χ1n) is 26.9. The van der Waals surface area contributed by atoms with E-state index in [-0.39, 0.29) is 59.3 Å². The lowest BCUT2D eigenvalue weighted by Gasteiger charge is -2.48. The number of nitrogens with zero attached hydrogens (tertiary/aromatic N) is 7. The Morgan fingerprint density at radius 1 is 0.835 bits per heavy atom. The minimum Gasteiger partial charge on any atom is -0.384 e. The molecule has 8 N–H and O–H groups in total. The minimum absolute atomic E-state index is 0.0554. The maximum Gasteiger partial charge on any atom is 0.255 e. The van der Waals surface area contributed by atoms with E-state index in [1.54, 1.807) is 23.1 Å². The molecule has 1 unspecified atom stereocenters. The average molecular weight is 1110 g/mol. The zero-order valence-electron chi connectivity index (χ0n) is 45.6. The van der Waals surface area contributed by atoms with Crippen LogP contribution < -0.4 is 42.6 Å². The fourth-order valence-electron chi connectivity index (χ4n) is 9.85. The number of benzene rings is 2. The van der Waals surface area contributed by atoms with Gasteiger partial charge in [-0.2, -0.15) is 0 Å². The number of nitrogens with two attached hydrogens (primary N) is 2. The van der Waals surface area contributed by atoms with Crippen molar-refractivity contribution in [3.63, 3.8) is 0 Å². The lowest BCUT2D eigenvalue weighted by Crippen LogP contribution is -2.66. The predicted octanol–water partition coefficient (Wildman–Crippen LogP) is 2.58. The lowest BCUT2D eigenvalue weighted by atomic mass is 9.82. The third-order valence-electron chi connectivity index (χ3n) is 14.5. The number of amides is 4. The highest BCUT2D eigenvalue weighted by Gasteiger charge is 2.42. The number of halogens is 2. The van der Waals surface area contributed by atoms with Crippen LogP contribution >= 0.6 is 0 Å². The van der Waals surface area contributed by atoms with Crippen LogP contribution in [0.4, 0.5) is 31.8 Å². The fraction of sp³-hybridized carbons (Fsp3) is 0.574. The lowest BCUT2D eigenvalue weighted by molar-refractivity contribution is -0.136. The number of ether oxygens (including phenoxy) is 5. The summed E-state index contributed by atoms with van der Waals surface area (Å²) in [5, 5.41) is 13.0. The van der Waals surface area contributed by atoms with E-state index in [9.17, 15) is 24.0 Å². The number of anilines is 4. The van der Waals surface area contributed by atoms with Crippen LogP contribution in [-0.4, -0.2) is 192 Å². The zero-order valence-corrected chi connectivity index (χ0v) is 45.6. The Labute approximate surface area is 459 Å². The predicted molar refractivity (Wildman–Crippen MR) is 291 cm³/mol. The molecule has 23 nitrogen and oxygen atoms in total. The number of carbonyl (C=O) groups is 5. The summed E-state index contributed by atoms with van der Waals surface area (Å²) in [6, 6.07) is 8.28. The monoisotopic (exact) mass is 1110 g/mol. The number of likely N-dealkylation sites (tertiary alicyclic amines) is 1. The second kappa shape index (κ2) is 29.0. The number of aromatic nitrogens is 2. The second-order valence-corrected chi connectivity index (χ2v) is 21.0. The molecule has 1 spiro atoms. The van der Waals surface area contributed by atoms with Crippen molar-refractivity contribution in [3.05, 3.63) is 83.1 Å². The Balaban J connectivity index is 0.693. The van der Waals surface area contributed by atoms with Crippen molar-refractivity contribution in [2.24, 2.45) is 17.0 Å². The van der Waals surface area contributed by atoms with E-state index in [1.165, 1.54) is 47.7 Å². The van der Waals surface area contributed by atoms with Crippen LogP contribution in [0.3, 0.4) is 0 Å². The van der Waals surface area contributed by atoms with Gasteiger partial charge in [0.2, 0.25) is 17.7 Å². The third-order valence-corrected chi connectivity index (χ3v) is 14.5. The Bertz CT molecular complexity index is 2580. The van der Waals surface area contributed by atoms with Gasteiger partial charge >= 0.3 is 0 Å². The van der Waals surface area contributed by atoms with Gasteiger partial charge < -0.3 is 65.1 Å². The molecule has 0 saturated carbocycles. The van der Waals surface area contributed by atoms with Crippen LogP contribution in [0.2, 0.25) is 0 Å². The van der Waals surface area contributed by atoms with E-state index in [0.717, 1.165) is 25.9 Å². The smallest absolute Gasteiger partial charge is 0.255 e. The van der Waals surface area contributed by atoms with E-state index in [1.807, 2.05) is 0 Å². The Morgan fingerprint density at radius 3 is 2.15 bits per heavy atom. The number of hydrogen-bond donors (Lipinski definition) is 6. The molecule has 4 aliphatic rings. The molecule has 25 heteroatoms. The number of piperidine rings is 3. The maximum absolute atomic E-state index is 15.7. The summed E-state index contributed by atoms with van der Waals surface area (Å²) in [5.41, 5.74) is 7.25. The molecule has 4 aliphatic heterocycles. The normalized spacial score (nSPS) is 18.5. The summed E-state index contributed by atoms with van der Waals surface area (Å²) in [7, 11) is 1.47. The van der Waals surface area contributed by atoms with E-state index in [4.69, 9.17) is 35.3 Å². The zero-order chi connectivity index (χ0) is 56.4. The maximum atomic E-state index is 15.7. The molecular weight excluding hydrogens is 1030 g/mol. The van der Waals surface area contributed by atoms with Gasteiger partial charge in [-0.3, -0.25) is 34.2 Å². The summed E-state index contributed by atoms with van der Waals surface area (Å²) in [6.07, 6.45) is 7.05. The van der Waals surface area contributed by atoms with Gasteiger partial charge in [0.25, 0.3) is 5.91 Å². The first-order valence-corrected chi connectivity index (χ1v) is 26.9. The third kappa shape index (κ3) is 17.9. The number of carbonyl (C=O) groups excluding carboxylic acids is 5. The molecular formula is C54H77F2N13O10. The van der Waals surface area contributed by atoms with Crippen molar-refractivity contribution >= 4 is 52.9 Å². The largest absolute Gasteiger partial charge is 0.384 e. The molecule has 1 aromatic heterocycles. The van der Waals surface area contributed by atoms with E-state index >= 15 is 8.78 Å². The van der Waals surface area contributed by atoms with Crippen molar-refractivity contribution in [2.45, 2.75) is 70.5 Å². The van der Waals surface area contributed by atoms with Crippen LogP contribution in [0.5, 0.6) is 0 Å². The molecule has 0 radical (unpaired) electrons. The summed E-state index contributed by atoms with van der Waals surface area (Å²) in [5.74, 6) is 4.87. The minimum atomic E-state index is -0.809. The van der Waals surface area contributed by atoms with Crippen molar-refractivity contribution in [2.75, 3.05) is 146 Å². The van der Waals surface area contributed by atoms with Gasteiger partial charge in [-0.05, 0) is 74.9 Å². The number of aldehydes is 1. The first-order chi connectivity index (χ1) is 38.0. The van der Waals surface area contributed by atoms with Gasteiger partial charge in [-0.25, -0.2) is 24.6 Å². The summed E-state index contributed by atoms with van der Waals surface area (Å²) < 4.78 is 59.1. The number of imide groups is 1. The van der Waals surface area contributed by atoms with Crippen LogP contribution in [0.15, 0.2) is 54.7 Å². The molecule has 4 fully saturated rings. The van der Waals surface area contributed by atoms with E-state index in [2.05, 4.69) is 54.9 Å². The van der Waals surface area contributed by atoms with Crippen LogP contribution in [0.1, 0.15) is 78.7 Å². The van der Waals surface area contributed by atoms with Crippen LogP contribution in [0.25, 0.3) is 0 Å². The molecule has 2 aromatic carbocycles. The van der Waals surface area contributed by atoms with Gasteiger partial charge in [0.05, 0.1) is 102 Å². The SMILES string of the molecule is CN(C(=O)c1cc(NCCOCCOCCOCCOCCOCCN(N)/C=C(\N)Nc2cc(N3CCC4(CC3)CN(c3cc(F)c(CN5CCC(C)(C)CC5)cc3F)CC(=O)N4)ncn2)ccc1C=O)C1CCC(=O)NC1=O. The second-order valence-electron chi connectivity index (χ2n) is 21.0. The van der Waals surface area contributed by atoms with Crippen molar-refractivity contribution < 1.29 is 56.4 Å². The Hall–Kier alpha value is -6.61. The molecule has 5 heterocycles. The fourth-order valence-corrected chi connectivity index (χ4v) is 9.85. The highest BCUT2D eigenvalue weighted by Crippen LogP contribution is 2.34. The van der Waals surface area contributed by atoms with Gasteiger partial charge in [-0.15, -0.1) is 0 Å². The quantitative estimate of drug-likeness (QED) is 0.0192. The van der Waals surface area contributed by atoms with E-state index in [0.29, 0.717) is 147 Å². The molecule has 4 saturated heterocycles. The molecule has 3 aromatic rings. The first kappa shape index (κ1) is 60.0. The molecule has 432 valence electrons. The van der Waals surface area contributed by atoms with Crippen molar-refractivity contribution in [1.82, 2.24) is 35.4 Å². The molecule has 0 aliphatic carbocycles. The van der Waals surface area contributed by atoms with Gasteiger partial charge in [0, 0.05) is 75.1 Å². The molecule has 79 heavy (non-hydrogen) atoms. The molecule has 0 bridgehead atoms. The number of likely N-dealkylation sites (N-methyl/N-ethyl adjacent to an activating group) is 1. The summed E-state index contributed by atoms with van der Waals surface area (Å²) in [4.78, 5) is 77.7. The van der Waals surface area contributed by atoms with Crippen LogP contribution in [0, 0.1) is 17.0 Å². The van der Waals surface area contributed by atoms with Gasteiger partial charge in [-0.1, -0.05) is 13.8 Å². The average Bonchev–Trinajstić information content (AvgIpc) is 3.48. The molecule has 7 rings (SSSR count). The Kier molecular flexibility index (Phi) is 22.1. The van der Waals surface area contributed by atoms with Gasteiger partial charge in [0.15, 0.2) is 6.29 Å². The van der Waals surface area contributed by atoms with Crippen LogP contribution in [-0.2, 0) is 44.6 Å². The molecule has 1 atom stereocenters. The number of piperazine rings is 1. The van der Waals surface area contributed by atoms with Crippen molar-refractivity contribution in [1.29, 1.82) is 0 Å². The topological polar surface area (TPSA) is 274 Å². The van der Waals surface area contributed by atoms with Crippen molar-refractivity contribution in [3.8, 4) is 0 Å². The number of hydrazine groups is 1. The number of nitrogens with one attached hydrogen (secondary N) is 4. The highest BCUT2D eigenvalue weighted by atomic mass is 19.1. The standard InChI is InChI=1S/C54H77F2N13O10/c1-53(2)8-13-66(14-9-53)32-39-28-43(56)45(30-42(39)55)68-34-50(72)64-54(36-68)10-15-67(16-11-54)48-31-47(60-37-61-48)62-46(57)33-69(58)17-19-76-21-23-78-25-27-79-26-24-77-22-20-75-18-12-59-40-5-4-38(35-70)41(29-40)52(74)65(3)44-6-7-49(71)63-51(44)73/h4-5,28-31,33,35,37,44,59H,6-27,32,34,36,57-58H2,1-3H3,(H,64,72)(H,60,61,62)(H,63,71,73)/b46-33+. The summed E-state index contributed by atoms with van der Waals surface area (Å²) >= 11 is 0. The van der Waals surface area contributed by atoms with Gasteiger partial charge in [0.1, 0.15) is 41.5 Å². The number of hydrogen-bond acceptors (Lipinski definition) is 20. The molecule has 4 amide bonds. The number of rotatable bonds is 29.